The zero-order valence-corrected chi connectivity index (χ0v) is 10.5. The number of nitrogens with one attached hydrogen (secondary N) is 2. The van der Waals surface area contributed by atoms with E-state index in [4.69, 9.17) is 9.47 Å². The molecule has 5 nitrogen and oxygen atoms in total. The fourth-order valence-corrected chi connectivity index (χ4v) is 2.16. The number of fused-ring (bicyclic) bond motifs is 1. The molecule has 5 heteroatoms. The van der Waals surface area contributed by atoms with Crippen molar-refractivity contribution in [3.05, 3.63) is 36.0 Å². The Labute approximate surface area is 110 Å². The first-order valence-corrected chi connectivity index (χ1v) is 6.37. The first kappa shape index (κ1) is 12.2. The van der Waals surface area contributed by atoms with Gasteiger partial charge < -0.3 is 19.8 Å². The summed E-state index contributed by atoms with van der Waals surface area (Å²) in [5, 5.41) is 3.90. The molecule has 1 fully saturated rings. The van der Waals surface area contributed by atoms with E-state index in [-0.39, 0.29) is 12.0 Å². The largest absolute Gasteiger partial charge is 0.376 e. The molecular weight excluding hydrogens is 244 g/mol. The van der Waals surface area contributed by atoms with Crippen molar-refractivity contribution in [2.75, 3.05) is 26.4 Å². The molecule has 1 aliphatic heterocycles. The van der Waals surface area contributed by atoms with Gasteiger partial charge in [0.2, 0.25) is 0 Å². The number of ether oxygens (including phenoxy) is 2. The maximum absolute atomic E-state index is 12.0. The molecule has 1 aliphatic rings. The quantitative estimate of drug-likeness (QED) is 0.874. The summed E-state index contributed by atoms with van der Waals surface area (Å²) in [5.41, 5.74) is 1.68. The molecule has 0 bridgehead atoms. The zero-order chi connectivity index (χ0) is 13.1. The number of benzene rings is 1. The van der Waals surface area contributed by atoms with E-state index in [2.05, 4.69) is 10.3 Å². The van der Waals surface area contributed by atoms with Crippen LogP contribution in [0, 0.1) is 0 Å². The van der Waals surface area contributed by atoms with Crippen molar-refractivity contribution in [3.8, 4) is 0 Å². The summed E-state index contributed by atoms with van der Waals surface area (Å²) >= 11 is 0. The third-order valence-electron chi connectivity index (χ3n) is 3.19. The number of amides is 1. The Balaban J connectivity index is 1.62. The van der Waals surface area contributed by atoms with Crippen LogP contribution in [0.15, 0.2) is 30.5 Å². The van der Waals surface area contributed by atoms with Gasteiger partial charge in [-0.25, -0.2) is 0 Å². The Morgan fingerprint density at radius 3 is 3.16 bits per heavy atom. The maximum Gasteiger partial charge on any atom is 0.251 e. The second-order valence-corrected chi connectivity index (χ2v) is 4.56. The molecular formula is C14H16N2O3. The minimum absolute atomic E-state index is 0.0475. The number of aromatic amines is 1. The van der Waals surface area contributed by atoms with E-state index in [1.165, 1.54) is 0 Å². The fraction of sp³-hybridized carbons (Fsp3) is 0.357. The normalized spacial score (nSPS) is 19.5. The summed E-state index contributed by atoms with van der Waals surface area (Å²) in [6, 6.07) is 7.54. The molecule has 1 saturated heterocycles. The minimum Gasteiger partial charge on any atom is -0.376 e. The van der Waals surface area contributed by atoms with E-state index in [1.807, 2.05) is 30.5 Å². The Morgan fingerprint density at radius 2 is 2.32 bits per heavy atom. The lowest BCUT2D eigenvalue weighted by Crippen LogP contribution is -2.39. The first-order valence-electron chi connectivity index (χ1n) is 6.37. The van der Waals surface area contributed by atoms with Crippen molar-refractivity contribution in [1.29, 1.82) is 0 Å². The molecule has 100 valence electrons. The van der Waals surface area contributed by atoms with Crippen LogP contribution in [0.4, 0.5) is 0 Å². The summed E-state index contributed by atoms with van der Waals surface area (Å²) in [6.07, 6.45) is 1.81. The van der Waals surface area contributed by atoms with Crippen molar-refractivity contribution in [3.63, 3.8) is 0 Å². The minimum atomic E-state index is -0.0859. The van der Waals surface area contributed by atoms with Crippen LogP contribution in [0.5, 0.6) is 0 Å². The van der Waals surface area contributed by atoms with Gasteiger partial charge in [-0.05, 0) is 24.3 Å². The summed E-state index contributed by atoms with van der Waals surface area (Å²) in [6.45, 7) is 2.24. The third kappa shape index (κ3) is 2.77. The van der Waals surface area contributed by atoms with Crippen molar-refractivity contribution in [2.45, 2.75) is 6.10 Å². The van der Waals surface area contributed by atoms with Crippen molar-refractivity contribution >= 4 is 16.8 Å². The molecule has 2 aromatic rings. The lowest BCUT2D eigenvalue weighted by molar-refractivity contribution is -0.0855. The molecule has 1 amide bonds. The highest BCUT2D eigenvalue weighted by atomic mass is 16.6. The Morgan fingerprint density at radius 1 is 1.37 bits per heavy atom. The molecule has 0 saturated carbocycles. The molecule has 1 aromatic carbocycles. The van der Waals surface area contributed by atoms with Crippen LogP contribution in [0.1, 0.15) is 10.4 Å². The topological polar surface area (TPSA) is 63.4 Å². The van der Waals surface area contributed by atoms with Crippen molar-refractivity contribution in [2.24, 2.45) is 0 Å². The molecule has 2 heterocycles. The standard InChI is InChI=1S/C14H16N2O3/c17-14(16-8-12-9-18-5-6-19-12)11-1-2-13-10(7-11)3-4-15-13/h1-4,7,12,15H,5-6,8-9H2,(H,16,17). The van der Waals surface area contributed by atoms with E-state index < -0.39 is 0 Å². The van der Waals surface area contributed by atoms with Crippen LogP contribution in [-0.4, -0.2) is 43.4 Å². The van der Waals surface area contributed by atoms with E-state index >= 15 is 0 Å². The number of hydrogen-bond donors (Lipinski definition) is 2. The van der Waals surface area contributed by atoms with Crippen LogP contribution >= 0.6 is 0 Å². The second-order valence-electron chi connectivity index (χ2n) is 4.56. The van der Waals surface area contributed by atoms with E-state index in [0.717, 1.165) is 10.9 Å². The highest BCUT2D eigenvalue weighted by Gasteiger charge is 2.15. The van der Waals surface area contributed by atoms with E-state index in [9.17, 15) is 4.79 Å². The lowest BCUT2D eigenvalue weighted by atomic mass is 10.1. The van der Waals surface area contributed by atoms with E-state index in [1.54, 1.807) is 0 Å². The van der Waals surface area contributed by atoms with Crippen LogP contribution in [0.25, 0.3) is 10.9 Å². The smallest absolute Gasteiger partial charge is 0.251 e. The Bertz CT molecular complexity index is 573. The summed E-state index contributed by atoms with van der Waals surface area (Å²) in [4.78, 5) is 15.1. The summed E-state index contributed by atoms with van der Waals surface area (Å²) in [7, 11) is 0. The predicted octanol–water partition coefficient (Wildman–Crippen LogP) is 1.31. The van der Waals surface area contributed by atoms with Gasteiger partial charge in [-0.15, -0.1) is 0 Å². The van der Waals surface area contributed by atoms with Crippen molar-refractivity contribution < 1.29 is 14.3 Å². The van der Waals surface area contributed by atoms with Gasteiger partial charge in [0, 0.05) is 29.2 Å². The highest BCUT2D eigenvalue weighted by molar-refractivity contribution is 5.98. The second kappa shape index (κ2) is 5.42. The zero-order valence-electron chi connectivity index (χ0n) is 10.5. The fourth-order valence-electron chi connectivity index (χ4n) is 2.16. The monoisotopic (exact) mass is 260 g/mol. The SMILES string of the molecule is O=C(NCC1COCCO1)c1ccc2[nH]ccc2c1. The third-order valence-corrected chi connectivity index (χ3v) is 3.19. The number of aromatic nitrogens is 1. The number of carbonyl (C=O) groups is 1. The van der Waals surface area contributed by atoms with Crippen LogP contribution in [0.3, 0.4) is 0 Å². The average Bonchev–Trinajstić information content (AvgIpc) is 2.93. The molecule has 1 aromatic heterocycles. The molecule has 2 N–H and O–H groups in total. The van der Waals surface area contributed by atoms with Crippen LogP contribution in [0.2, 0.25) is 0 Å². The van der Waals surface area contributed by atoms with Gasteiger partial charge in [-0.2, -0.15) is 0 Å². The lowest BCUT2D eigenvalue weighted by Gasteiger charge is -2.23. The van der Waals surface area contributed by atoms with Gasteiger partial charge in [-0.1, -0.05) is 0 Å². The number of carbonyl (C=O) groups excluding carboxylic acids is 1. The summed E-state index contributed by atoms with van der Waals surface area (Å²) in [5.74, 6) is -0.0859. The molecule has 19 heavy (non-hydrogen) atoms. The Hall–Kier alpha value is -1.85. The average molecular weight is 260 g/mol. The molecule has 0 radical (unpaired) electrons. The number of H-pyrrole nitrogens is 1. The first-order chi connectivity index (χ1) is 9.33. The van der Waals surface area contributed by atoms with Gasteiger partial charge in [0.05, 0.1) is 25.9 Å². The molecule has 1 unspecified atom stereocenters. The predicted molar refractivity (Wildman–Crippen MR) is 71.2 cm³/mol. The highest BCUT2D eigenvalue weighted by Crippen LogP contribution is 2.14. The maximum atomic E-state index is 12.0. The van der Waals surface area contributed by atoms with Gasteiger partial charge in [-0.3, -0.25) is 4.79 Å². The Kier molecular flexibility index (Phi) is 3.48. The van der Waals surface area contributed by atoms with Gasteiger partial charge in [0.15, 0.2) is 0 Å². The number of hydrogen-bond acceptors (Lipinski definition) is 3. The molecule has 0 aliphatic carbocycles. The number of rotatable bonds is 3. The molecule has 1 atom stereocenters. The van der Waals surface area contributed by atoms with Gasteiger partial charge >= 0.3 is 0 Å². The molecule has 3 rings (SSSR count). The van der Waals surface area contributed by atoms with Crippen LogP contribution in [-0.2, 0) is 9.47 Å². The van der Waals surface area contributed by atoms with E-state index in [0.29, 0.717) is 31.9 Å². The van der Waals surface area contributed by atoms with Gasteiger partial charge in [0.25, 0.3) is 5.91 Å². The summed E-state index contributed by atoms with van der Waals surface area (Å²) < 4.78 is 10.8. The van der Waals surface area contributed by atoms with Crippen LogP contribution < -0.4 is 5.32 Å². The van der Waals surface area contributed by atoms with Gasteiger partial charge in [0.1, 0.15) is 0 Å². The molecule has 0 spiro atoms. The van der Waals surface area contributed by atoms with Crippen molar-refractivity contribution in [1.82, 2.24) is 10.3 Å².